The predicted molar refractivity (Wildman–Crippen MR) is 330 cm³/mol. The monoisotopic (exact) mass is 1060 g/mol. The molecule has 0 bridgehead atoms. The zero-order valence-electron chi connectivity index (χ0n) is 50.8. The van der Waals surface area contributed by atoms with Gasteiger partial charge in [0.25, 0.3) is 0 Å². The average molecular weight is 1060 g/mol. The molecule has 1 atom stereocenters. The van der Waals surface area contributed by atoms with Gasteiger partial charge in [-0.25, -0.2) is 0 Å². The fourth-order valence-corrected chi connectivity index (χ4v) is 9.79. The number of hydrogen-bond acceptors (Lipinski definition) is 6. The van der Waals surface area contributed by atoms with Crippen molar-refractivity contribution in [3.8, 4) is 0 Å². The molecule has 6 heteroatoms. The molecule has 442 valence electrons. The van der Waals surface area contributed by atoms with Crippen molar-refractivity contribution in [2.24, 2.45) is 0 Å². The summed E-state index contributed by atoms with van der Waals surface area (Å²) in [6.45, 7) is 6.55. The number of rotatable bonds is 61. The summed E-state index contributed by atoms with van der Waals surface area (Å²) in [4.78, 5) is 38.2. The van der Waals surface area contributed by atoms with Gasteiger partial charge in [-0.15, -0.1) is 0 Å². The lowest BCUT2D eigenvalue weighted by Gasteiger charge is -2.18. The van der Waals surface area contributed by atoms with Crippen molar-refractivity contribution in [1.29, 1.82) is 0 Å². The predicted octanol–water partition coefficient (Wildman–Crippen LogP) is 22.7. The van der Waals surface area contributed by atoms with Crippen LogP contribution in [0.2, 0.25) is 0 Å². The van der Waals surface area contributed by atoms with E-state index >= 15 is 0 Å². The van der Waals surface area contributed by atoms with Crippen LogP contribution in [-0.4, -0.2) is 37.2 Å². The minimum atomic E-state index is -0.773. The molecular formula is C70H126O6. The fourth-order valence-electron chi connectivity index (χ4n) is 9.79. The second-order valence-electron chi connectivity index (χ2n) is 22.4. The molecular weight excluding hydrogens is 937 g/mol. The standard InChI is InChI=1S/C70H126O6/c1-4-7-10-13-16-19-22-24-26-27-28-29-30-31-32-33-34-35-36-37-38-39-40-41-42-43-45-46-48-51-54-57-60-63-69(72)75-66-67(65-74-68(71)62-59-56-53-50-21-18-15-12-9-6-3)76-70(73)64-61-58-55-52-49-47-44-25-23-20-17-14-11-8-5-2/h7,10,16,19,24-26,28-29,44,67H,4-6,8-9,11-15,17-18,20-23,27,30-43,45-66H2,1-3H3/b10-7-,19-16-,26-24-,29-28-,44-25-. The van der Waals surface area contributed by atoms with E-state index in [9.17, 15) is 14.4 Å². The molecule has 0 aromatic heterocycles. The summed E-state index contributed by atoms with van der Waals surface area (Å²) in [5, 5.41) is 0. The molecule has 0 spiro atoms. The van der Waals surface area contributed by atoms with E-state index in [1.165, 1.54) is 218 Å². The van der Waals surface area contributed by atoms with Crippen LogP contribution in [0.4, 0.5) is 0 Å². The Morgan fingerprint density at radius 1 is 0.276 bits per heavy atom. The van der Waals surface area contributed by atoms with E-state index in [0.29, 0.717) is 19.3 Å². The van der Waals surface area contributed by atoms with Crippen molar-refractivity contribution in [1.82, 2.24) is 0 Å². The molecule has 0 aliphatic rings. The smallest absolute Gasteiger partial charge is 0.306 e. The molecule has 0 heterocycles. The van der Waals surface area contributed by atoms with Crippen molar-refractivity contribution in [3.05, 3.63) is 60.8 Å². The Morgan fingerprint density at radius 3 is 0.816 bits per heavy atom. The van der Waals surface area contributed by atoms with Crippen molar-refractivity contribution >= 4 is 17.9 Å². The van der Waals surface area contributed by atoms with Crippen molar-refractivity contribution in [2.45, 2.75) is 354 Å². The van der Waals surface area contributed by atoms with Gasteiger partial charge in [0.15, 0.2) is 6.10 Å². The summed E-state index contributed by atoms with van der Waals surface area (Å²) in [6.07, 6.45) is 82.6. The maximum atomic E-state index is 12.9. The Balaban J connectivity index is 4.05. The minimum Gasteiger partial charge on any atom is -0.462 e. The second-order valence-corrected chi connectivity index (χ2v) is 22.4. The summed E-state index contributed by atoms with van der Waals surface area (Å²) < 4.78 is 16.9. The van der Waals surface area contributed by atoms with Gasteiger partial charge in [0.1, 0.15) is 13.2 Å². The van der Waals surface area contributed by atoms with Crippen molar-refractivity contribution in [3.63, 3.8) is 0 Å². The van der Waals surface area contributed by atoms with E-state index in [2.05, 4.69) is 81.5 Å². The van der Waals surface area contributed by atoms with Gasteiger partial charge in [0, 0.05) is 19.3 Å². The largest absolute Gasteiger partial charge is 0.462 e. The van der Waals surface area contributed by atoms with Gasteiger partial charge < -0.3 is 14.2 Å². The number of ether oxygens (including phenoxy) is 3. The summed E-state index contributed by atoms with van der Waals surface area (Å²) >= 11 is 0. The molecule has 0 aromatic carbocycles. The Morgan fingerprint density at radius 2 is 0.513 bits per heavy atom. The van der Waals surface area contributed by atoms with Gasteiger partial charge >= 0.3 is 17.9 Å². The molecule has 0 saturated heterocycles. The number of unbranched alkanes of at least 4 members (excludes halogenated alkanes) is 40. The molecule has 0 saturated carbocycles. The number of esters is 3. The van der Waals surface area contributed by atoms with Crippen LogP contribution in [0, 0.1) is 0 Å². The van der Waals surface area contributed by atoms with Crippen LogP contribution in [0.25, 0.3) is 0 Å². The van der Waals surface area contributed by atoms with Crippen LogP contribution in [-0.2, 0) is 28.6 Å². The minimum absolute atomic E-state index is 0.0716. The topological polar surface area (TPSA) is 78.9 Å². The third-order valence-corrected chi connectivity index (χ3v) is 14.8. The van der Waals surface area contributed by atoms with Crippen LogP contribution in [0.15, 0.2) is 60.8 Å². The van der Waals surface area contributed by atoms with Crippen LogP contribution in [0.3, 0.4) is 0 Å². The van der Waals surface area contributed by atoms with E-state index in [1.807, 2.05) is 0 Å². The average Bonchev–Trinajstić information content (AvgIpc) is 3.42. The molecule has 0 amide bonds. The van der Waals surface area contributed by atoms with Crippen LogP contribution in [0.5, 0.6) is 0 Å². The number of carbonyl (C=O) groups is 3. The molecule has 0 N–H and O–H groups in total. The normalized spacial score (nSPS) is 12.4. The maximum absolute atomic E-state index is 12.9. The molecule has 0 aliphatic carbocycles. The Hall–Kier alpha value is -2.89. The first kappa shape index (κ1) is 73.1. The molecule has 0 fully saturated rings. The van der Waals surface area contributed by atoms with Gasteiger partial charge in [-0.3, -0.25) is 14.4 Å². The Kier molecular flexibility index (Phi) is 62.2. The first-order valence-corrected chi connectivity index (χ1v) is 33.3. The summed E-state index contributed by atoms with van der Waals surface area (Å²) in [5.74, 6) is -0.862. The van der Waals surface area contributed by atoms with Crippen LogP contribution < -0.4 is 0 Å². The van der Waals surface area contributed by atoms with Crippen LogP contribution in [0.1, 0.15) is 348 Å². The summed E-state index contributed by atoms with van der Waals surface area (Å²) in [6, 6.07) is 0. The van der Waals surface area contributed by atoms with Gasteiger partial charge in [-0.05, 0) is 83.5 Å². The lowest BCUT2D eigenvalue weighted by Crippen LogP contribution is -2.30. The summed E-state index contributed by atoms with van der Waals surface area (Å²) in [7, 11) is 0. The third kappa shape index (κ3) is 62.0. The highest BCUT2D eigenvalue weighted by molar-refractivity contribution is 5.71. The third-order valence-electron chi connectivity index (χ3n) is 14.8. The highest BCUT2D eigenvalue weighted by Gasteiger charge is 2.19. The zero-order chi connectivity index (χ0) is 55.0. The lowest BCUT2D eigenvalue weighted by atomic mass is 10.0. The Labute approximate surface area is 472 Å². The molecule has 0 rings (SSSR count). The maximum Gasteiger partial charge on any atom is 0.306 e. The van der Waals surface area contributed by atoms with Crippen LogP contribution >= 0.6 is 0 Å². The van der Waals surface area contributed by atoms with Crippen molar-refractivity contribution < 1.29 is 28.6 Å². The first-order chi connectivity index (χ1) is 37.5. The highest BCUT2D eigenvalue weighted by atomic mass is 16.6. The van der Waals surface area contributed by atoms with Gasteiger partial charge in [0.2, 0.25) is 0 Å². The van der Waals surface area contributed by atoms with Gasteiger partial charge in [-0.1, -0.05) is 306 Å². The number of hydrogen-bond donors (Lipinski definition) is 0. The highest BCUT2D eigenvalue weighted by Crippen LogP contribution is 2.18. The molecule has 0 aromatic rings. The van der Waals surface area contributed by atoms with E-state index in [1.54, 1.807) is 0 Å². The first-order valence-electron chi connectivity index (χ1n) is 33.3. The molecule has 1 unspecified atom stereocenters. The van der Waals surface area contributed by atoms with E-state index in [-0.39, 0.29) is 31.1 Å². The zero-order valence-corrected chi connectivity index (χ0v) is 50.8. The number of allylic oxidation sites excluding steroid dienone is 10. The quantitative estimate of drug-likeness (QED) is 0.0261. The van der Waals surface area contributed by atoms with E-state index in [4.69, 9.17) is 14.2 Å². The van der Waals surface area contributed by atoms with Gasteiger partial charge in [-0.2, -0.15) is 0 Å². The molecule has 0 aliphatic heterocycles. The van der Waals surface area contributed by atoms with Crippen molar-refractivity contribution in [2.75, 3.05) is 13.2 Å². The second kappa shape index (κ2) is 64.6. The number of carbonyl (C=O) groups excluding carboxylic acids is 3. The lowest BCUT2D eigenvalue weighted by molar-refractivity contribution is -0.167. The summed E-state index contributed by atoms with van der Waals surface area (Å²) in [5.41, 5.74) is 0. The van der Waals surface area contributed by atoms with E-state index in [0.717, 1.165) is 89.9 Å². The molecule has 0 radical (unpaired) electrons. The van der Waals surface area contributed by atoms with E-state index < -0.39 is 6.10 Å². The SMILES string of the molecule is CC/C=C\C/C=C\C/C=C\C/C=C\CCCCCCCCCCCCCCCCCCCCCCC(=O)OCC(COC(=O)CCCCCCCCCCCC)OC(=O)CCCCCCC/C=C\CCCCCCCC. The Bertz CT molecular complexity index is 1360. The van der Waals surface area contributed by atoms with Gasteiger partial charge in [0.05, 0.1) is 0 Å². The molecule has 6 nitrogen and oxygen atoms in total. The molecule has 76 heavy (non-hydrogen) atoms. The fraction of sp³-hybridized carbons (Fsp3) is 0.814.